The third kappa shape index (κ3) is 2.60. The topological polar surface area (TPSA) is 100 Å². The average Bonchev–Trinajstić information content (AvgIpc) is 3.21. The summed E-state index contributed by atoms with van der Waals surface area (Å²) in [7, 11) is 0. The van der Waals surface area contributed by atoms with Gasteiger partial charge in [0.2, 0.25) is 0 Å². The molecule has 8 nitrogen and oxygen atoms in total. The quantitative estimate of drug-likeness (QED) is 0.607. The van der Waals surface area contributed by atoms with Crippen LogP contribution >= 0.6 is 11.8 Å². The third-order valence-corrected chi connectivity index (χ3v) is 4.09. The zero-order chi connectivity index (χ0) is 17.6. The number of fused-ring (bicyclic) bond motifs is 1. The first-order valence-electron chi connectivity index (χ1n) is 7.73. The Morgan fingerprint density at radius 2 is 1.96 bits per heavy atom. The molecule has 0 spiro atoms. The van der Waals surface area contributed by atoms with Crippen LogP contribution in [0.3, 0.4) is 0 Å². The number of nitrogens with two attached hydrogens (primary N) is 1. The van der Waals surface area contributed by atoms with E-state index >= 15 is 0 Å². The van der Waals surface area contributed by atoms with Gasteiger partial charge in [0.1, 0.15) is 17.0 Å². The molecule has 0 saturated heterocycles. The predicted molar refractivity (Wildman–Crippen MR) is 95.8 cm³/mol. The van der Waals surface area contributed by atoms with E-state index in [0.29, 0.717) is 39.8 Å². The minimum atomic E-state index is 0.177. The van der Waals surface area contributed by atoms with Crippen LogP contribution in [0.5, 0.6) is 0 Å². The van der Waals surface area contributed by atoms with E-state index in [9.17, 15) is 0 Å². The van der Waals surface area contributed by atoms with Crippen molar-refractivity contribution in [1.82, 2.24) is 34.0 Å². The molecular weight excluding hydrogens is 340 g/mol. The second-order valence-electron chi connectivity index (χ2n) is 5.84. The van der Waals surface area contributed by atoms with Gasteiger partial charge in [0.25, 0.3) is 0 Å². The van der Waals surface area contributed by atoms with Crippen molar-refractivity contribution in [3.63, 3.8) is 0 Å². The van der Waals surface area contributed by atoms with Crippen molar-refractivity contribution in [2.75, 3.05) is 5.73 Å². The van der Waals surface area contributed by atoms with Crippen LogP contribution in [-0.2, 0) is 0 Å². The van der Waals surface area contributed by atoms with Gasteiger partial charge >= 0.3 is 0 Å². The molecule has 0 aliphatic rings. The number of rotatable bonds is 3. The molecule has 126 valence electrons. The highest BCUT2D eigenvalue weighted by Gasteiger charge is 2.17. The van der Waals surface area contributed by atoms with Gasteiger partial charge in [-0.05, 0) is 38.1 Å². The maximum absolute atomic E-state index is 6.45. The van der Waals surface area contributed by atoms with E-state index in [2.05, 4.69) is 25.1 Å². The Morgan fingerprint density at radius 1 is 1.12 bits per heavy atom. The molecule has 25 heavy (non-hydrogen) atoms. The number of hydrogen-bond donors (Lipinski definition) is 1. The first-order valence-corrected chi connectivity index (χ1v) is 8.07. The van der Waals surface area contributed by atoms with Gasteiger partial charge in [-0.2, -0.15) is 15.0 Å². The fourth-order valence-electron chi connectivity index (χ4n) is 2.49. The summed E-state index contributed by atoms with van der Waals surface area (Å²) in [5, 5.41) is 8.68. The first kappa shape index (κ1) is 15.5. The van der Waals surface area contributed by atoms with E-state index in [1.165, 1.54) is 4.09 Å². The van der Waals surface area contributed by atoms with E-state index in [0.717, 1.165) is 0 Å². The molecule has 0 atom stereocenters. The highest BCUT2D eigenvalue weighted by Crippen LogP contribution is 2.29. The molecule has 4 aromatic heterocycles. The van der Waals surface area contributed by atoms with Gasteiger partial charge < -0.3 is 5.73 Å². The summed E-state index contributed by atoms with van der Waals surface area (Å²) < 4.78 is 1.39. The van der Waals surface area contributed by atoms with Crippen LogP contribution in [-0.4, -0.2) is 34.0 Å². The summed E-state index contributed by atoms with van der Waals surface area (Å²) in [6.07, 6.45) is 3.30. The number of halogens is 1. The van der Waals surface area contributed by atoms with E-state index < -0.39 is 0 Å². The van der Waals surface area contributed by atoms with Crippen molar-refractivity contribution in [2.24, 2.45) is 0 Å². The van der Waals surface area contributed by atoms with Crippen molar-refractivity contribution in [3.05, 3.63) is 36.7 Å². The van der Waals surface area contributed by atoms with Gasteiger partial charge in [-0.15, -0.1) is 0 Å². The Morgan fingerprint density at radius 3 is 2.68 bits per heavy atom. The fraction of sp³-hybridized carbons (Fsp3) is 0.188. The third-order valence-electron chi connectivity index (χ3n) is 3.77. The van der Waals surface area contributed by atoms with E-state index in [1.54, 1.807) is 23.3 Å². The Bertz CT molecular complexity index is 1070. The summed E-state index contributed by atoms with van der Waals surface area (Å²) in [4.78, 5) is 14.8. The molecule has 0 amide bonds. The average molecular weight is 355 g/mol. The molecular formula is C16H15ClN8. The number of pyridine rings is 2. The van der Waals surface area contributed by atoms with Crippen molar-refractivity contribution >= 4 is 28.8 Å². The van der Waals surface area contributed by atoms with E-state index in [-0.39, 0.29) is 6.04 Å². The maximum Gasteiger partial charge on any atom is 0.176 e. The smallest absolute Gasteiger partial charge is 0.176 e. The zero-order valence-electron chi connectivity index (χ0n) is 13.6. The van der Waals surface area contributed by atoms with Crippen molar-refractivity contribution in [1.29, 1.82) is 0 Å². The van der Waals surface area contributed by atoms with Gasteiger partial charge in [0.05, 0.1) is 23.5 Å². The van der Waals surface area contributed by atoms with Crippen LogP contribution in [0.4, 0.5) is 5.82 Å². The number of anilines is 1. The second-order valence-corrected chi connectivity index (χ2v) is 6.17. The number of hydrogen-bond acceptors (Lipinski definition) is 6. The molecule has 0 aliphatic carbocycles. The van der Waals surface area contributed by atoms with Gasteiger partial charge in [0.15, 0.2) is 11.5 Å². The normalized spacial score (nSPS) is 11.5. The van der Waals surface area contributed by atoms with E-state index in [4.69, 9.17) is 17.5 Å². The SMILES string of the molecule is CC(C)n1ncc(-c2ccc3nc(-c4cccnc4N)n(Cl)c3n2)n1. The van der Waals surface area contributed by atoms with Crippen LogP contribution in [0.15, 0.2) is 36.7 Å². The zero-order valence-corrected chi connectivity index (χ0v) is 14.4. The lowest BCUT2D eigenvalue weighted by Crippen LogP contribution is -2.04. The van der Waals surface area contributed by atoms with Crippen LogP contribution in [0, 0.1) is 0 Å². The summed E-state index contributed by atoms with van der Waals surface area (Å²) in [5.41, 5.74) is 9.12. The second kappa shape index (κ2) is 5.82. The largest absolute Gasteiger partial charge is 0.383 e. The number of nitrogen functional groups attached to an aromatic ring is 1. The highest BCUT2D eigenvalue weighted by atomic mass is 35.5. The van der Waals surface area contributed by atoms with Gasteiger partial charge in [-0.3, -0.25) is 0 Å². The molecule has 0 bridgehead atoms. The van der Waals surface area contributed by atoms with Crippen molar-refractivity contribution in [2.45, 2.75) is 19.9 Å². The monoisotopic (exact) mass is 354 g/mol. The van der Waals surface area contributed by atoms with Crippen LogP contribution in [0.25, 0.3) is 33.9 Å². The number of imidazole rings is 1. The van der Waals surface area contributed by atoms with Gasteiger partial charge in [0, 0.05) is 18.0 Å². The molecule has 2 N–H and O–H groups in total. The van der Waals surface area contributed by atoms with Gasteiger partial charge in [-0.1, -0.05) is 0 Å². The molecule has 0 unspecified atom stereocenters. The van der Waals surface area contributed by atoms with Crippen LogP contribution in [0.1, 0.15) is 19.9 Å². The molecule has 4 heterocycles. The van der Waals surface area contributed by atoms with Crippen molar-refractivity contribution in [3.8, 4) is 22.8 Å². The lowest BCUT2D eigenvalue weighted by molar-refractivity contribution is 0.467. The lowest BCUT2D eigenvalue weighted by Gasteiger charge is -2.02. The molecule has 0 fully saturated rings. The molecule has 0 aromatic carbocycles. The minimum absolute atomic E-state index is 0.177. The summed E-state index contributed by atoms with van der Waals surface area (Å²) in [6, 6.07) is 7.47. The Balaban J connectivity index is 1.83. The van der Waals surface area contributed by atoms with Crippen molar-refractivity contribution < 1.29 is 0 Å². The molecule has 4 rings (SSSR count). The Labute approximate surface area is 148 Å². The molecule has 9 heteroatoms. The Hall–Kier alpha value is -3.00. The summed E-state index contributed by atoms with van der Waals surface area (Å²) in [5.74, 6) is 0.859. The minimum Gasteiger partial charge on any atom is -0.383 e. The van der Waals surface area contributed by atoms with Crippen LogP contribution in [0.2, 0.25) is 0 Å². The summed E-state index contributed by atoms with van der Waals surface area (Å²) >= 11 is 6.45. The molecule has 0 aliphatic heterocycles. The highest BCUT2D eigenvalue weighted by molar-refractivity contribution is 6.20. The number of aromatic nitrogens is 7. The van der Waals surface area contributed by atoms with Gasteiger partial charge in [-0.25, -0.2) is 19.0 Å². The molecule has 4 aromatic rings. The standard InChI is InChI=1S/C16H15ClN8/c1-9(2)25-20-8-13(23-25)11-5-6-12-16(21-11)24(17)15(22-12)10-4-3-7-19-14(10)18/h3-9H,1-2H3,(H2,18,19). The van der Waals surface area contributed by atoms with Crippen LogP contribution < -0.4 is 5.73 Å². The van der Waals surface area contributed by atoms with E-state index in [1.807, 2.05) is 32.0 Å². The first-order chi connectivity index (χ1) is 12.0. The molecule has 0 saturated carbocycles. The maximum atomic E-state index is 6.45. The fourth-order valence-corrected chi connectivity index (χ4v) is 2.74. The summed E-state index contributed by atoms with van der Waals surface area (Å²) in [6.45, 7) is 4.03. The predicted octanol–water partition coefficient (Wildman–Crippen LogP) is 2.92. The lowest BCUT2D eigenvalue weighted by atomic mass is 10.2. The Kier molecular flexibility index (Phi) is 3.61. The number of nitrogens with zero attached hydrogens (tertiary/aromatic N) is 7. The molecule has 0 radical (unpaired) electrons.